The minimum Gasteiger partial charge on any atom is -0.489 e. The molecule has 1 unspecified atom stereocenters. The summed E-state index contributed by atoms with van der Waals surface area (Å²) < 4.78 is 10.4. The average molecular weight is 235 g/mol. The number of hydrogen-bond donors (Lipinski definition) is 1. The SMILES string of the molecule is COC(=O)c1ccc(OC2CCCNC2)cc1. The van der Waals surface area contributed by atoms with Gasteiger partial charge in [-0.1, -0.05) is 0 Å². The Morgan fingerprint density at radius 2 is 2.12 bits per heavy atom. The van der Waals surface area contributed by atoms with E-state index in [1.807, 2.05) is 0 Å². The number of methoxy groups -OCH3 is 1. The number of piperidine rings is 1. The van der Waals surface area contributed by atoms with E-state index in [0.29, 0.717) is 5.56 Å². The van der Waals surface area contributed by atoms with Crippen LogP contribution in [0.15, 0.2) is 24.3 Å². The van der Waals surface area contributed by atoms with E-state index in [9.17, 15) is 4.79 Å². The van der Waals surface area contributed by atoms with Crippen molar-refractivity contribution in [3.63, 3.8) is 0 Å². The fraction of sp³-hybridized carbons (Fsp3) is 0.462. The molecule has 0 saturated carbocycles. The number of esters is 1. The van der Waals surface area contributed by atoms with E-state index in [1.165, 1.54) is 7.11 Å². The van der Waals surface area contributed by atoms with Crippen molar-refractivity contribution in [3.8, 4) is 5.75 Å². The largest absolute Gasteiger partial charge is 0.489 e. The van der Waals surface area contributed by atoms with Crippen LogP contribution in [0, 0.1) is 0 Å². The van der Waals surface area contributed by atoms with Gasteiger partial charge in [0.05, 0.1) is 12.7 Å². The van der Waals surface area contributed by atoms with Gasteiger partial charge in [0.15, 0.2) is 0 Å². The summed E-state index contributed by atoms with van der Waals surface area (Å²) in [5.74, 6) is 0.474. The number of hydrogen-bond acceptors (Lipinski definition) is 4. The summed E-state index contributed by atoms with van der Waals surface area (Å²) in [6, 6.07) is 7.05. The summed E-state index contributed by atoms with van der Waals surface area (Å²) in [4.78, 5) is 11.2. The molecule has 1 saturated heterocycles. The van der Waals surface area contributed by atoms with E-state index in [4.69, 9.17) is 4.74 Å². The van der Waals surface area contributed by atoms with Crippen LogP contribution in [0.3, 0.4) is 0 Å². The molecule has 1 aliphatic rings. The van der Waals surface area contributed by atoms with E-state index < -0.39 is 0 Å². The average Bonchev–Trinajstić information content (AvgIpc) is 2.40. The fourth-order valence-corrected chi connectivity index (χ4v) is 1.90. The maximum Gasteiger partial charge on any atom is 0.337 e. The Bertz CT molecular complexity index is 369. The molecule has 4 heteroatoms. The zero-order chi connectivity index (χ0) is 12.1. The predicted molar refractivity (Wildman–Crippen MR) is 64.3 cm³/mol. The Kier molecular flexibility index (Phi) is 3.98. The zero-order valence-electron chi connectivity index (χ0n) is 9.94. The van der Waals surface area contributed by atoms with Gasteiger partial charge >= 0.3 is 5.97 Å². The van der Waals surface area contributed by atoms with Crippen LogP contribution in [0.2, 0.25) is 0 Å². The van der Waals surface area contributed by atoms with Gasteiger partial charge in [-0.25, -0.2) is 4.79 Å². The summed E-state index contributed by atoms with van der Waals surface area (Å²) in [5, 5.41) is 3.29. The third-order valence-corrected chi connectivity index (χ3v) is 2.83. The van der Waals surface area contributed by atoms with Gasteiger partial charge in [0, 0.05) is 6.54 Å². The number of rotatable bonds is 3. The number of nitrogens with one attached hydrogen (secondary N) is 1. The molecule has 92 valence electrons. The second kappa shape index (κ2) is 5.68. The van der Waals surface area contributed by atoms with Crippen molar-refractivity contribution < 1.29 is 14.3 Å². The van der Waals surface area contributed by atoms with Gasteiger partial charge in [0.25, 0.3) is 0 Å². The van der Waals surface area contributed by atoms with Crippen LogP contribution in [-0.4, -0.2) is 32.3 Å². The molecule has 1 aromatic carbocycles. The maximum absolute atomic E-state index is 11.2. The quantitative estimate of drug-likeness (QED) is 0.808. The summed E-state index contributed by atoms with van der Waals surface area (Å²) in [5.41, 5.74) is 0.543. The number of ether oxygens (including phenoxy) is 2. The van der Waals surface area contributed by atoms with Gasteiger partial charge in [0.1, 0.15) is 11.9 Å². The molecule has 1 N–H and O–H groups in total. The first-order chi connectivity index (χ1) is 8.29. The highest BCUT2D eigenvalue weighted by molar-refractivity contribution is 5.89. The van der Waals surface area contributed by atoms with Gasteiger partial charge in [-0.3, -0.25) is 0 Å². The third kappa shape index (κ3) is 3.20. The van der Waals surface area contributed by atoms with Crippen LogP contribution < -0.4 is 10.1 Å². The van der Waals surface area contributed by atoms with Crippen molar-refractivity contribution in [1.29, 1.82) is 0 Å². The van der Waals surface area contributed by atoms with Gasteiger partial charge in [0.2, 0.25) is 0 Å². The lowest BCUT2D eigenvalue weighted by molar-refractivity contribution is 0.0600. The predicted octanol–water partition coefficient (Wildman–Crippen LogP) is 1.60. The van der Waals surface area contributed by atoms with E-state index in [0.717, 1.165) is 31.7 Å². The van der Waals surface area contributed by atoms with Gasteiger partial charge in [-0.2, -0.15) is 0 Å². The van der Waals surface area contributed by atoms with Crippen molar-refractivity contribution >= 4 is 5.97 Å². The van der Waals surface area contributed by atoms with Crippen molar-refractivity contribution in [1.82, 2.24) is 5.32 Å². The van der Waals surface area contributed by atoms with Crippen molar-refractivity contribution in [2.75, 3.05) is 20.2 Å². The fourth-order valence-electron chi connectivity index (χ4n) is 1.90. The lowest BCUT2D eigenvalue weighted by Crippen LogP contribution is -2.37. The molecule has 1 fully saturated rings. The summed E-state index contributed by atoms with van der Waals surface area (Å²) in [6.07, 6.45) is 2.45. The molecule has 1 aromatic rings. The molecule has 0 bridgehead atoms. The Labute approximate surface area is 101 Å². The van der Waals surface area contributed by atoms with E-state index in [2.05, 4.69) is 10.1 Å². The van der Waals surface area contributed by atoms with E-state index in [-0.39, 0.29) is 12.1 Å². The Morgan fingerprint density at radius 1 is 1.35 bits per heavy atom. The molecule has 4 nitrogen and oxygen atoms in total. The highest BCUT2D eigenvalue weighted by Crippen LogP contribution is 2.17. The Hall–Kier alpha value is -1.55. The third-order valence-electron chi connectivity index (χ3n) is 2.83. The van der Waals surface area contributed by atoms with Crippen molar-refractivity contribution in [2.45, 2.75) is 18.9 Å². The smallest absolute Gasteiger partial charge is 0.337 e. The lowest BCUT2D eigenvalue weighted by Gasteiger charge is -2.23. The summed E-state index contributed by atoms with van der Waals surface area (Å²) in [7, 11) is 1.38. The monoisotopic (exact) mass is 235 g/mol. The molecule has 1 atom stereocenters. The molecule has 0 spiro atoms. The van der Waals surface area contributed by atoms with Crippen LogP contribution in [0.1, 0.15) is 23.2 Å². The second-order valence-corrected chi connectivity index (χ2v) is 4.10. The van der Waals surface area contributed by atoms with Gasteiger partial charge < -0.3 is 14.8 Å². The van der Waals surface area contributed by atoms with Crippen molar-refractivity contribution in [3.05, 3.63) is 29.8 Å². The molecule has 17 heavy (non-hydrogen) atoms. The molecular formula is C13H17NO3. The second-order valence-electron chi connectivity index (χ2n) is 4.10. The Balaban J connectivity index is 1.95. The topological polar surface area (TPSA) is 47.6 Å². The molecule has 0 aromatic heterocycles. The number of carbonyl (C=O) groups is 1. The zero-order valence-corrected chi connectivity index (χ0v) is 9.94. The number of carbonyl (C=O) groups excluding carboxylic acids is 1. The first kappa shape index (κ1) is 11.9. The van der Waals surface area contributed by atoms with Crippen LogP contribution in [0.4, 0.5) is 0 Å². The maximum atomic E-state index is 11.2. The summed E-state index contributed by atoms with van der Waals surface area (Å²) in [6.45, 7) is 1.96. The van der Waals surface area contributed by atoms with Gasteiger partial charge in [-0.15, -0.1) is 0 Å². The minimum absolute atomic E-state index is 0.229. The highest BCUT2D eigenvalue weighted by Gasteiger charge is 2.14. The van der Waals surface area contributed by atoms with Crippen molar-refractivity contribution in [2.24, 2.45) is 0 Å². The van der Waals surface area contributed by atoms with Crippen LogP contribution in [0.5, 0.6) is 5.75 Å². The van der Waals surface area contributed by atoms with Crippen LogP contribution in [0.25, 0.3) is 0 Å². The highest BCUT2D eigenvalue weighted by atomic mass is 16.5. The molecular weight excluding hydrogens is 218 g/mol. The molecule has 1 aliphatic heterocycles. The normalized spacial score (nSPS) is 19.7. The first-order valence-corrected chi connectivity index (χ1v) is 5.85. The number of benzene rings is 1. The molecule has 0 aliphatic carbocycles. The van der Waals surface area contributed by atoms with Gasteiger partial charge in [-0.05, 0) is 43.7 Å². The lowest BCUT2D eigenvalue weighted by atomic mass is 10.1. The molecule has 1 heterocycles. The minimum atomic E-state index is -0.323. The van der Waals surface area contributed by atoms with Crippen LogP contribution >= 0.6 is 0 Å². The summed E-state index contributed by atoms with van der Waals surface area (Å²) >= 11 is 0. The van der Waals surface area contributed by atoms with E-state index >= 15 is 0 Å². The Morgan fingerprint density at radius 3 is 2.71 bits per heavy atom. The molecule has 0 amide bonds. The molecule has 0 radical (unpaired) electrons. The first-order valence-electron chi connectivity index (χ1n) is 5.85. The standard InChI is InChI=1S/C13H17NO3/c1-16-13(15)10-4-6-11(7-5-10)17-12-3-2-8-14-9-12/h4-7,12,14H,2-3,8-9H2,1H3. The molecule has 2 rings (SSSR count). The van der Waals surface area contributed by atoms with E-state index in [1.54, 1.807) is 24.3 Å². The van der Waals surface area contributed by atoms with Crippen LogP contribution in [-0.2, 0) is 4.74 Å².